The second kappa shape index (κ2) is 6.24. The third kappa shape index (κ3) is 3.21. The van der Waals surface area contributed by atoms with E-state index in [9.17, 15) is 4.39 Å². The molecule has 0 fully saturated rings. The van der Waals surface area contributed by atoms with Crippen LogP contribution in [0.5, 0.6) is 0 Å². The summed E-state index contributed by atoms with van der Waals surface area (Å²) < 4.78 is 13.9. The minimum Gasteiger partial charge on any atom is -0.369 e. The zero-order valence-corrected chi connectivity index (χ0v) is 11.7. The molecule has 0 aliphatic carbocycles. The highest BCUT2D eigenvalue weighted by Crippen LogP contribution is 2.26. The van der Waals surface area contributed by atoms with Gasteiger partial charge in [-0.1, -0.05) is 41.9 Å². The molecule has 0 saturated carbocycles. The molecule has 3 heteroatoms. The molecule has 0 radical (unpaired) electrons. The van der Waals surface area contributed by atoms with Crippen LogP contribution in [0.15, 0.2) is 18.2 Å². The molecule has 0 saturated heterocycles. The quantitative estimate of drug-likeness (QED) is 0.734. The van der Waals surface area contributed by atoms with Crippen LogP contribution in [0.4, 0.5) is 10.1 Å². The van der Waals surface area contributed by atoms with Gasteiger partial charge in [-0.2, -0.15) is 0 Å². The summed E-state index contributed by atoms with van der Waals surface area (Å²) in [5.41, 5.74) is 1.76. The number of benzene rings is 1. The zero-order chi connectivity index (χ0) is 12.1. The van der Waals surface area contributed by atoms with E-state index in [0.29, 0.717) is 11.2 Å². The second-order valence-corrected chi connectivity index (χ2v) is 4.87. The van der Waals surface area contributed by atoms with E-state index < -0.39 is 0 Å². The van der Waals surface area contributed by atoms with Gasteiger partial charge in [0.25, 0.3) is 0 Å². The number of hydrogen-bond donors (Lipinski definition) is 0. The number of rotatable bonds is 5. The third-order valence-electron chi connectivity index (χ3n) is 2.50. The molecule has 16 heavy (non-hydrogen) atoms. The van der Waals surface area contributed by atoms with Gasteiger partial charge in [-0.15, -0.1) is 0 Å². The first-order chi connectivity index (χ1) is 7.60. The van der Waals surface area contributed by atoms with Crippen LogP contribution in [0, 0.1) is 11.7 Å². The Hall–Kier alpha value is -0.570. The molecular weight excluding hydrogens is 269 g/mol. The molecule has 0 aliphatic rings. The number of halogens is 2. The van der Waals surface area contributed by atoms with Crippen LogP contribution in [0.1, 0.15) is 26.3 Å². The monoisotopic (exact) mass is 287 g/mol. The maximum Gasteiger partial charge on any atom is 0.146 e. The molecular formula is C13H19BrFN. The lowest BCUT2D eigenvalue weighted by molar-refractivity contribution is 0.585. The minimum atomic E-state index is -0.126. The number of alkyl halides is 1. The van der Waals surface area contributed by atoms with E-state index in [1.807, 2.05) is 6.07 Å². The van der Waals surface area contributed by atoms with Gasteiger partial charge in [0.05, 0.1) is 5.69 Å². The normalized spacial score (nSPS) is 10.9. The Labute approximate surface area is 106 Å². The van der Waals surface area contributed by atoms with Crippen molar-refractivity contribution in [2.45, 2.75) is 26.1 Å². The van der Waals surface area contributed by atoms with E-state index >= 15 is 0 Å². The first kappa shape index (κ1) is 13.5. The van der Waals surface area contributed by atoms with Crippen molar-refractivity contribution in [3.05, 3.63) is 29.6 Å². The van der Waals surface area contributed by atoms with Gasteiger partial charge in [-0.05, 0) is 24.5 Å². The summed E-state index contributed by atoms with van der Waals surface area (Å²) in [6.07, 6.45) is 0. The maximum atomic E-state index is 13.9. The van der Waals surface area contributed by atoms with Crippen molar-refractivity contribution < 1.29 is 4.39 Å². The van der Waals surface area contributed by atoms with Crippen LogP contribution >= 0.6 is 15.9 Å². The van der Waals surface area contributed by atoms with E-state index in [0.717, 1.165) is 24.3 Å². The SMILES string of the molecule is CCN(CC(C)C)c1c(F)cccc1CBr. The zero-order valence-electron chi connectivity index (χ0n) is 10.1. The molecule has 0 aromatic heterocycles. The van der Waals surface area contributed by atoms with E-state index in [2.05, 4.69) is 41.6 Å². The van der Waals surface area contributed by atoms with Gasteiger partial charge in [0.1, 0.15) is 5.82 Å². The highest BCUT2D eigenvalue weighted by molar-refractivity contribution is 9.08. The smallest absolute Gasteiger partial charge is 0.146 e. The van der Waals surface area contributed by atoms with Crippen LogP contribution in [0.2, 0.25) is 0 Å². The lowest BCUT2D eigenvalue weighted by Crippen LogP contribution is -2.29. The molecule has 1 nitrogen and oxygen atoms in total. The van der Waals surface area contributed by atoms with Crippen LogP contribution in [-0.2, 0) is 5.33 Å². The van der Waals surface area contributed by atoms with Crippen LogP contribution in [-0.4, -0.2) is 13.1 Å². The van der Waals surface area contributed by atoms with Gasteiger partial charge in [0.2, 0.25) is 0 Å². The Kier molecular flexibility index (Phi) is 5.26. The lowest BCUT2D eigenvalue weighted by atomic mass is 10.1. The molecule has 1 aromatic carbocycles. The van der Waals surface area contributed by atoms with Crippen molar-refractivity contribution in [1.29, 1.82) is 0 Å². The van der Waals surface area contributed by atoms with Crippen LogP contribution in [0.25, 0.3) is 0 Å². The molecule has 0 unspecified atom stereocenters. The highest BCUT2D eigenvalue weighted by Gasteiger charge is 2.14. The second-order valence-electron chi connectivity index (χ2n) is 4.31. The molecule has 0 spiro atoms. The summed E-state index contributed by atoms with van der Waals surface area (Å²) in [5, 5.41) is 0.689. The standard InChI is InChI=1S/C13H19BrFN/c1-4-16(9-10(2)3)13-11(8-14)6-5-7-12(13)15/h5-7,10H,4,8-9H2,1-3H3. The fourth-order valence-corrected chi connectivity index (χ4v) is 2.29. The molecule has 1 aromatic rings. The lowest BCUT2D eigenvalue weighted by Gasteiger charge is -2.27. The Balaban J connectivity index is 3.07. The molecule has 90 valence electrons. The number of nitrogens with zero attached hydrogens (tertiary/aromatic N) is 1. The van der Waals surface area contributed by atoms with Crippen LogP contribution < -0.4 is 4.90 Å². The molecule has 0 N–H and O–H groups in total. The topological polar surface area (TPSA) is 3.24 Å². The predicted molar refractivity (Wildman–Crippen MR) is 71.8 cm³/mol. The fraction of sp³-hybridized carbons (Fsp3) is 0.538. The van der Waals surface area contributed by atoms with Gasteiger partial charge in [-0.25, -0.2) is 4.39 Å². The first-order valence-electron chi connectivity index (χ1n) is 5.68. The summed E-state index contributed by atoms with van der Waals surface area (Å²) in [7, 11) is 0. The summed E-state index contributed by atoms with van der Waals surface area (Å²) in [5.74, 6) is 0.405. The number of para-hydroxylation sites is 1. The Morgan fingerprint density at radius 1 is 1.38 bits per heavy atom. The van der Waals surface area contributed by atoms with E-state index in [-0.39, 0.29) is 5.82 Å². The number of anilines is 1. The van der Waals surface area contributed by atoms with Gasteiger partial charge >= 0.3 is 0 Å². The van der Waals surface area contributed by atoms with Crippen molar-refractivity contribution in [2.24, 2.45) is 5.92 Å². The number of hydrogen-bond acceptors (Lipinski definition) is 1. The average Bonchev–Trinajstić information content (AvgIpc) is 2.25. The maximum absolute atomic E-state index is 13.9. The largest absolute Gasteiger partial charge is 0.369 e. The minimum absolute atomic E-state index is 0.126. The van der Waals surface area contributed by atoms with Crippen molar-refractivity contribution in [1.82, 2.24) is 0 Å². The van der Waals surface area contributed by atoms with Gasteiger partial charge in [0, 0.05) is 18.4 Å². The Morgan fingerprint density at radius 3 is 2.56 bits per heavy atom. The summed E-state index contributed by atoms with van der Waals surface area (Å²) >= 11 is 3.41. The predicted octanol–water partition coefficient (Wildman–Crippen LogP) is 4.20. The molecule has 1 rings (SSSR count). The molecule has 0 aliphatic heterocycles. The molecule has 0 bridgehead atoms. The molecule has 0 atom stereocenters. The van der Waals surface area contributed by atoms with Gasteiger partial charge in [0.15, 0.2) is 0 Å². The fourth-order valence-electron chi connectivity index (χ4n) is 1.84. The summed E-state index contributed by atoms with van der Waals surface area (Å²) in [6.45, 7) is 8.08. The molecule has 0 amide bonds. The summed E-state index contributed by atoms with van der Waals surface area (Å²) in [4.78, 5) is 2.11. The van der Waals surface area contributed by atoms with Crippen molar-refractivity contribution in [2.75, 3.05) is 18.0 Å². The Morgan fingerprint density at radius 2 is 2.06 bits per heavy atom. The van der Waals surface area contributed by atoms with Crippen molar-refractivity contribution in [3.8, 4) is 0 Å². The van der Waals surface area contributed by atoms with E-state index in [4.69, 9.17) is 0 Å². The van der Waals surface area contributed by atoms with E-state index in [1.165, 1.54) is 6.07 Å². The van der Waals surface area contributed by atoms with Crippen molar-refractivity contribution >= 4 is 21.6 Å². The highest BCUT2D eigenvalue weighted by atomic mass is 79.9. The van der Waals surface area contributed by atoms with Gasteiger partial charge in [-0.3, -0.25) is 0 Å². The van der Waals surface area contributed by atoms with E-state index in [1.54, 1.807) is 6.07 Å². The van der Waals surface area contributed by atoms with Crippen LogP contribution in [0.3, 0.4) is 0 Å². The van der Waals surface area contributed by atoms with Crippen molar-refractivity contribution in [3.63, 3.8) is 0 Å². The van der Waals surface area contributed by atoms with Gasteiger partial charge < -0.3 is 4.90 Å². The Bertz CT molecular complexity index is 339. The average molecular weight is 288 g/mol. The summed E-state index contributed by atoms with van der Waals surface area (Å²) in [6, 6.07) is 5.26. The molecule has 0 heterocycles. The first-order valence-corrected chi connectivity index (χ1v) is 6.80. The third-order valence-corrected chi connectivity index (χ3v) is 3.10.